The number of alkyl halides is 3. The van der Waals surface area contributed by atoms with Crippen LogP contribution in [-0.2, 0) is 10.0 Å². The molecular formula is C6H13F3N2O2S. The van der Waals surface area contributed by atoms with Crippen molar-refractivity contribution < 1.29 is 21.6 Å². The first-order valence-electron chi connectivity index (χ1n) is 3.90. The average molecular weight is 234 g/mol. The number of hydrogen-bond acceptors (Lipinski definition) is 3. The topological polar surface area (TPSA) is 63.4 Å². The third-order valence-electron chi connectivity index (χ3n) is 1.56. The van der Waals surface area contributed by atoms with Crippen LogP contribution in [0.2, 0.25) is 0 Å². The Hall–Kier alpha value is -0.340. The summed E-state index contributed by atoms with van der Waals surface area (Å²) in [4.78, 5) is 0. The lowest BCUT2D eigenvalue weighted by Crippen LogP contribution is -2.34. The van der Waals surface area contributed by atoms with Gasteiger partial charge < -0.3 is 5.73 Å². The Morgan fingerprint density at radius 3 is 2.21 bits per heavy atom. The minimum absolute atomic E-state index is 0.0985. The number of halogens is 3. The second kappa shape index (κ2) is 4.94. The monoisotopic (exact) mass is 234 g/mol. The Kier molecular flexibility index (Phi) is 4.82. The van der Waals surface area contributed by atoms with E-state index < -0.39 is 29.2 Å². The van der Waals surface area contributed by atoms with E-state index in [4.69, 9.17) is 5.73 Å². The minimum Gasteiger partial charge on any atom is -0.329 e. The summed E-state index contributed by atoms with van der Waals surface area (Å²) in [6.07, 6.45) is -5.49. The summed E-state index contributed by atoms with van der Waals surface area (Å²) in [6.45, 7) is -0.662. The number of sulfonamides is 1. The molecule has 0 aliphatic carbocycles. The molecule has 0 aliphatic rings. The fourth-order valence-corrected chi connectivity index (χ4v) is 1.71. The summed E-state index contributed by atoms with van der Waals surface area (Å²) < 4.78 is 58.2. The molecule has 0 aromatic heterocycles. The van der Waals surface area contributed by atoms with Gasteiger partial charge in [-0.15, -0.1) is 0 Å². The lowest BCUT2D eigenvalue weighted by Gasteiger charge is -2.17. The summed E-state index contributed by atoms with van der Waals surface area (Å²) >= 11 is 0. The SMILES string of the molecule is CN(CCC(F)(F)F)S(=O)(=O)CCN. The maximum absolute atomic E-state index is 11.7. The van der Waals surface area contributed by atoms with E-state index in [1.807, 2.05) is 0 Å². The summed E-state index contributed by atoms with van der Waals surface area (Å²) in [5.41, 5.74) is 5.01. The predicted molar refractivity (Wildman–Crippen MR) is 46.1 cm³/mol. The van der Waals surface area contributed by atoms with Crippen molar-refractivity contribution in [3.63, 3.8) is 0 Å². The summed E-state index contributed by atoms with van der Waals surface area (Å²) in [5.74, 6) is -0.332. The van der Waals surface area contributed by atoms with Crippen LogP contribution in [0.3, 0.4) is 0 Å². The summed E-state index contributed by atoms with van der Waals surface area (Å²) in [7, 11) is -2.52. The van der Waals surface area contributed by atoms with E-state index in [0.717, 1.165) is 7.05 Å². The van der Waals surface area contributed by atoms with Gasteiger partial charge in [0.05, 0.1) is 12.2 Å². The van der Waals surface area contributed by atoms with Crippen molar-refractivity contribution in [2.45, 2.75) is 12.6 Å². The van der Waals surface area contributed by atoms with Gasteiger partial charge in [-0.1, -0.05) is 0 Å². The third-order valence-corrected chi connectivity index (χ3v) is 3.44. The van der Waals surface area contributed by atoms with E-state index in [0.29, 0.717) is 4.31 Å². The molecule has 0 aromatic rings. The van der Waals surface area contributed by atoms with Gasteiger partial charge in [0, 0.05) is 20.1 Å². The van der Waals surface area contributed by atoms with E-state index in [1.165, 1.54) is 0 Å². The highest BCUT2D eigenvalue weighted by molar-refractivity contribution is 7.89. The fraction of sp³-hybridized carbons (Fsp3) is 1.00. The number of nitrogens with zero attached hydrogens (tertiary/aromatic N) is 1. The normalized spacial score (nSPS) is 13.6. The number of nitrogens with two attached hydrogens (primary N) is 1. The van der Waals surface area contributed by atoms with Crippen LogP contribution in [0.4, 0.5) is 13.2 Å². The van der Waals surface area contributed by atoms with Crippen molar-refractivity contribution in [3.8, 4) is 0 Å². The lowest BCUT2D eigenvalue weighted by molar-refractivity contribution is -0.135. The van der Waals surface area contributed by atoms with Crippen molar-refractivity contribution in [1.29, 1.82) is 0 Å². The van der Waals surface area contributed by atoms with E-state index in [2.05, 4.69) is 0 Å². The number of rotatable bonds is 5. The third kappa shape index (κ3) is 5.40. The van der Waals surface area contributed by atoms with Gasteiger partial charge in [-0.25, -0.2) is 12.7 Å². The standard InChI is InChI=1S/C6H13F3N2O2S/c1-11(4-2-6(7,8)9)14(12,13)5-3-10/h2-5,10H2,1H3. The Morgan fingerprint density at radius 1 is 1.36 bits per heavy atom. The highest BCUT2D eigenvalue weighted by Crippen LogP contribution is 2.19. The van der Waals surface area contributed by atoms with Gasteiger partial charge in [-0.3, -0.25) is 0 Å². The second-order valence-electron chi connectivity index (χ2n) is 2.79. The lowest BCUT2D eigenvalue weighted by atomic mass is 10.4. The predicted octanol–water partition coefficient (Wildman–Crippen LogP) is 0.159. The quantitative estimate of drug-likeness (QED) is 0.737. The van der Waals surface area contributed by atoms with Gasteiger partial charge in [-0.05, 0) is 0 Å². The van der Waals surface area contributed by atoms with Crippen molar-refractivity contribution in [3.05, 3.63) is 0 Å². The second-order valence-corrected chi connectivity index (χ2v) is 4.99. The molecule has 0 saturated heterocycles. The molecule has 0 bridgehead atoms. The van der Waals surface area contributed by atoms with Crippen LogP contribution in [0.5, 0.6) is 0 Å². The Bertz CT molecular complexity index is 263. The molecule has 14 heavy (non-hydrogen) atoms. The first kappa shape index (κ1) is 13.7. The Morgan fingerprint density at radius 2 is 1.86 bits per heavy atom. The van der Waals surface area contributed by atoms with Crippen LogP contribution in [0.25, 0.3) is 0 Å². The van der Waals surface area contributed by atoms with Crippen LogP contribution in [0.15, 0.2) is 0 Å². The average Bonchev–Trinajstić information content (AvgIpc) is 1.98. The Balaban J connectivity index is 4.15. The van der Waals surface area contributed by atoms with Crippen LogP contribution in [0.1, 0.15) is 6.42 Å². The molecule has 0 rings (SSSR count). The molecule has 8 heteroatoms. The molecule has 4 nitrogen and oxygen atoms in total. The molecule has 0 amide bonds. The molecule has 0 aliphatic heterocycles. The summed E-state index contributed by atoms with van der Waals surface area (Å²) in [5, 5.41) is 0. The molecule has 0 spiro atoms. The van der Waals surface area contributed by atoms with Crippen LogP contribution in [-0.4, -0.2) is 44.8 Å². The molecule has 0 radical (unpaired) electrons. The number of hydrogen-bond donors (Lipinski definition) is 1. The van der Waals surface area contributed by atoms with E-state index in [-0.39, 0.29) is 12.3 Å². The molecule has 0 heterocycles. The van der Waals surface area contributed by atoms with Gasteiger partial charge in [0.15, 0.2) is 0 Å². The van der Waals surface area contributed by atoms with Gasteiger partial charge in [0.2, 0.25) is 10.0 Å². The largest absolute Gasteiger partial charge is 0.390 e. The molecule has 86 valence electrons. The molecule has 0 aromatic carbocycles. The van der Waals surface area contributed by atoms with Gasteiger partial charge in [0.25, 0.3) is 0 Å². The van der Waals surface area contributed by atoms with E-state index >= 15 is 0 Å². The van der Waals surface area contributed by atoms with E-state index in [9.17, 15) is 21.6 Å². The van der Waals surface area contributed by atoms with Crippen molar-refractivity contribution in [2.75, 3.05) is 25.9 Å². The molecular weight excluding hydrogens is 221 g/mol. The highest BCUT2D eigenvalue weighted by atomic mass is 32.2. The maximum atomic E-state index is 11.7. The molecule has 2 N–H and O–H groups in total. The highest BCUT2D eigenvalue weighted by Gasteiger charge is 2.29. The van der Waals surface area contributed by atoms with Gasteiger partial charge in [-0.2, -0.15) is 13.2 Å². The van der Waals surface area contributed by atoms with Crippen LogP contribution in [0, 0.1) is 0 Å². The minimum atomic E-state index is -4.34. The molecule has 0 saturated carbocycles. The van der Waals surface area contributed by atoms with Crippen molar-refractivity contribution >= 4 is 10.0 Å². The van der Waals surface area contributed by atoms with E-state index in [1.54, 1.807) is 0 Å². The zero-order valence-electron chi connectivity index (χ0n) is 7.71. The van der Waals surface area contributed by atoms with Gasteiger partial charge in [0.1, 0.15) is 0 Å². The van der Waals surface area contributed by atoms with Crippen molar-refractivity contribution in [1.82, 2.24) is 4.31 Å². The maximum Gasteiger partial charge on any atom is 0.390 e. The molecule has 0 fully saturated rings. The summed E-state index contributed by atoms with van der Waals surface area (Å²) in [6, 6.07) is 0. The van der Waals surface area contributed by atoms with Crippen molar-refractivity contribution in [2.24, 2.45) is 5.73 Å². The van der Waals surface area contributed by atoms with Gasteiger partial charge >= 0.3 is 6.18 Å². The molecule has 0 atom stereocenters. The zero-order chi connectivity index (χ0) is 11.4. The molecule has 0 unspecified atom stereocenters. The smallest absolute Gasteiger partial charge is 0.329 e. The Labute approximate surface area is 80.9 Å². The first-order valence-corrected chi connectivity index (χ1v) is 5.51. The zero-order valence-corrected chi connectivity index (χ0v) is 8.53. The van der Waals surface area contributed by atoms with Crippen LogP contribution < -0.4 is 5.73 Å². The first-order chi connectivity index (χ1) is 6.19. The fourth-order valence-electron chi connectivity index (χ4n) is 0.728. The van der Waals surface area contributed by atoms with Crippen LogP contribution >= 0.6 is 0 Å².